The lowest BCUT2D eigenvalue weighted by atomic mass is 10.1. The van der Waals surface area contributed by atoms with Gasteiger partial charge in [0.05, 0.1) is 12.1 Å². The summed E-state index contributed by atoms with van der Waals surface area (Å²) in [5.41, 5.74) is -0.706. The van der Waals surface area contributed by atoms with E-state index >= 15 is 0 Å². The van der Waals surface area contributed by atoms with Gasteiger partial charge in [0.2, 0.25) is 5.91 Å². The Kier molecular flexibility index (Phi) is 6.80. The summed E-state index contributed by atoms with van der Waals surface area (Å²) in [5, 5.41) is 14.5. The van der Waals surface area contributed by atoms with Gasteiger partial charge in [-0.1, -0.05) is 6.08 Å². The van der Waals surface area contributed by atoms with Crippen LogP contribution in [0.4, 0.5) is 4.79 Å². The number of amides is 3. The summed E-state index contributed by atoms with van der Waals surface area (Å²) in [7, 11) is 0. The van der Waals surface area contributed by atoms with Crippen LogP contribution < -0.4 is 10.6 Å². The molecule has 21 heavy (non-hydrogen) atoms. The SMILES string of the molecule is C=CCNC(=O)NC(=O)CN1CCN(CC(C)(C)O)CC1. The van der Waals surface area contributed by atoms with Crippen molar-refractivity contribution in [2.75, 3.05) is 45.8 Å². The van der Waals surface area contributed by atoms with Crippen LogP contribution in [-0.4, -0.2) is 78.3 Å². The topological polar surface area (TPSA) is 84.9 Å². The highest BCUT2D eigenvalue weighted by molar-refractivity contribution is 5.95. The van der Waals surface area contributed by atoms with Gasteiger partial charge in [-0.05, 0) is 13.8 Å². The van der Waals surface area contributed by atoms with Gasteiger partial charge in [-0.15, -0.1) is 6.58 Å². The van der Waals surface area contributed by atoms with Crippen molar-refractivity contribution < 1.29 is 14.7 Å². The standard InChI is InChI=1S/C14H26N4O3/c1-4-5-15-13(20)16-12(19)10-17-6-8-18(9-7-17)11-14(2,3)21/h4,21H,1,5-11H2,2-3H3,(H2,15,16,19,20). The van der Waals surface area contributed by atoms with E-state index in [4.69, 9.17) is 0 Å². The lowest BCUT2D eigenvalue weighted by Crippen LogP contribution is -2.53. The molecule has 0 unspecified atom stereocenters. The largest absolute Gasteiger partial charge is 0.389 e. The van der Waals surface area contributed by atoms with Gasteiger partial charge >= 0.3 is 6.03 Å². The van der Waals surface area contributed by atoms with Gasteiger partial charge in [-0.25, -0.2) is 4.79 Å². The lowest BCUT2D eigenvalue weighted by molar-refractivity contribution is -0.121. The molecule has 0 aromatic rings. The molecule has 1 aliphatic heterocycles. The summed E-state index contributed by atoms with van der Waals surface area (Å²) < 4.78 is 0. The number of nitrogens with one attached hydrogen (secondary N) is 2. The van der Waals surface area contributed by atoms with E-state index in [1.54, 1.807) is 19.9 Å². The smallest absolute Gasteiger partial charge is 0.321 e. The van der Waals surface area contributed by atoms with E-state index in [0.29, 0.717) is 13.1 Å². The molecule has 0 aromatic carbocycles. The minimum Gasteiger partial charge on any atom is -0.389 e. The Morgan fingerprint density at radius 2 is 1.81 bits per heavy atom. The number of urea groups is 1. The quantitative estimate of drug-likeness (QED) is 0.570. The highest BCUT2D eigenvalue weighted by Gasteiger charge is 2.23. The molecule has 0 aromatic heterocycles. The van der Waals surface area contributed by atoms with Gasteiger partial charge in [0.25, 0.3) is 0 Å². The van der Waals surface area contributed by atoms with E-state index in [2.05, 4.69) is 22.1 Å². The van der Waals surface area contributed by atoms with Crippen LogP contribution in [0.1, 0.15) is 13.8 Å². The Morgan fingerprint density at radius 3 is 2.33 bits per heavy atom. The Bertz CT molecular complexity index is 371. The second-order valence-electron chi connectivity index (χ2n) is 5.91. The molecule has 7 heteroatoms. The Morgan fingerprint density at radius 1 is 1.24 bits per heavy atom. The molecule has 7 nitrogen and oxygen atoms in total. The van der Waals surface area contributed by atoms with E-state index in [9.17, 15) is 14.7 Å². The molecule has 1 heterocycles. The van der Waals surface area contributed by atoms with Crippen molar-refractivity contribution in [3.8, 4) is 0 Å². The molecular formula is C14H26N4O3. The average molecular weight is 298 g/mol. The lowest BCUT2D eigenvalue weighted by Gasteiger charge is -2.36. The molecule has 0 aliphatic carbocycles. The van der Waals surface area contributed by atoms with Gasteiger partial charge in [0.15, 0.2) is 0 Å². The Balaban J connectivity index is 2.24. The van der Waals surface area contributed by atoms with Crippen molar-refractivity contribution in [3.63, 3.8) is 0 Å². The second-order valence-corrected chi connectivity index (χ2v) is 5.91. The number of carbonyl (C=O) groups is 2. The highest BCUT2D eigenvalue weighted by Crippen LogP contribution is 2.08. The van der Waals surface area contributed by atoms with Crippen LogP contribution in [0.25, 0.3) is 0 Å². The van der Waals surface area contributed by atoms with Crippen molar-refractivity contribution in [3.05, 3.63) is 12.7 Å². The number of rotatable bonds is 6. The minimum atomic E-state index is -0.706. The van der Waals surface area contributed by atoms with Gasteiger partial charge in [0, 0.05) is 39.3 Å². The summed E-state index contributed by atoms with van der Waals surface area (Å²) in [5.74, 6) is -0.312. The van der Waals surface area contributed by atoms with Crippen LogP contribution in [0, 0.1) is 0 Å². The summed E-state index contributed by atoms with van der Waals surface area (Å²) in [6, 6.07) is -0.499. The van der Waals surface area contributed by atoms with Gasteiger partial charge in [-0.2, -0.15) is 0 Å². The number of aliphatic hydroxyl groups is 1. The number of imide groups is 1. The van der Waals surface area contributed by atoms with Gasteiger partial charge < -0.3 is 10.4 Å². The molecule has 0 saturated carbocycles. The second kappa shape index (κ2) is 8.11. The maximum absolute atomic E-state index is 11.7. The van der Waals surface area contributed by atoms with Crippen LogP contribution in [-0.2, 0) is 4.79 Å². The van der Waals surface area contributed by atoms with Crippen LogP contribution in [0.15, 0.2) is 12.7 Å². The molecule has 3 N–H and O–H groups in total. The van der Waals surface area contributed by atoms with Gasteiger partial charge in [-0.3, -0.25) is 19.9 Å². The zero-order chi connectivity index (χ0) is 15.9. The van der Waals surface area contributed by atoms with Crippen molar-refractivity contribution in [1.82, 2.24) is 20.4 Å². The van der Waals surface area contributed by atoms with Crippen molar-refractivity contribution >= 4 is 11.9 Å². The first-order chi connectivity index (χ1) is 9.80. The number of β-amino-alcohol motifs (C(OH)–C–C–N with tert-alkyl or cyclic N) is 1. The maximum atomic E-state index is 11.7. The third-order valence-corrected chi connectivity index (χ3v) is 3.10. The fourth-order valence-electron chi connectivity index (χ4n) is 2.23. The first kappa shape index (κ1) is 17.6. The number of hydrogen-bond donors (Lipinski definition) is 3. The van der Waals surface area contributed by atoms with Crippen LogP contribution in [0.2, 0.25) is 0 Å². The third-order valence-electron chi connectivity index (χ3n) is 3.10. The van der Waals surface area contributed by atoms with E-state index in [0.717, 1.165) is 26.2 Å². The summed E-state index contributed by atoms with van der Waals surface area (Å²) in [4.78, 5) is 27.2. The van der Waals surface area contributed by atoms with Crippen LogP contribution >= 0.6 is 0 Å². The van der Waals surface area contributed by atoms with E-state index < -0.39 is 11.6 Å². The fraction of sp³-hybridized carbons (Fsp3) is 0.714. The molecule has 0 spiro atoms. The monoisotopic (exact) mass is 298 g/mol. The Labute approximate surface area is 126 Å². The molecule has 0 atom stereocenters. The number of nitrogens with zero attached hydrogens (tertiary/aromatic N) is 2. The van der Waals surface area contributed by atoms with E-state index in [1.165, 1.54) is 0 Å². The molecule has 1 aliphatic rings. The number of hydrogen-bond acceptors (Lipinski definition) is 5. The Hall–Kier alpha value is -1.44. The zero-order valence-corrected chi connectivity index (χ0v) is 12.9. The number of piperazine rings is 1. The average Bonchev–Trinajstić information content (AvgIpc) is 2.37. The molecule has 120 valence electrons. The predicted molar refractivity (Wildman–Crippen MR) is 80.9 cm³/mol. The molecule has 1 fully saturated rings. The molecule has 3 amide bonds. The normalized spacial score (nSPS) is 17.3. The molecule has 1 saturated heterocycles. The predicted octanol–water partition coefficient (Wildman–Crippen LogP) is -0.613. The van der Waals surface area contributed by atoms with E-state index in [1.807, 2.05) is 4.90 Å². The fourth-order valence-corrected chi connectivity index (χ4v) is 2.23. The molecular weight excluding hydrogens is 272 g/mol. The summed E-state index contributed by atoms with van der Waals surface area (Å²) >= 11 is 0. The van der Waals surface area contributed by atoms with Crippen molar-refractivity contribution in [2.45, 2.75) is 19.4 Å². The van der Waals surface area contributed by atoms with Crippen LogP contribution in [0.5, 0.6) is 0 Å². The minimum absolute atomic E-state index is 0.206. The molecule has 0 bridgehead atoms. The van der Waals surface area contributed by atoms with Crippen molar-refractivity contribution in [1.29, 1.82) is 0 Å². The first-order valence-electron chi connectivity index (χ1n) is 7.16. The van der Waals surface area contributed by atoms with Crippen molar-refractivity contribution in [2.24, 2.45) is 0 Å². The third kappa shape index (κ3) is 7.79. The highest BCUT2D eigenvalue weighted by atomic mass is 16.3. The molecule has 1 rings (SSSR count). The molecule has 0 radical (unpaired) electrons. The van der Waals surface area contributed by atoms with E-state index in [-0.39, 0.29) is 12.5 Å². The summed E-state index contributed by atoms with van der Waals surface area (Å²) in [6.45, 7) is 11.3. The maximum Gasteiger partial charge on any atom is 0.321 e. The number of carbonyl (C=O) groups excluding carboxylic acids is 2. The van der Waals surface area contributed by atoms with Crippen LogP contribution in [0.3, 0.4) is 0 Å². The summed E-state index contributed by atoms with van der Waals surface area (Å²) in [6.07, 6.45) is 1.55. The first-order valence-corrected chi connectivity index (χ1v) is 7.16. The zero-order valence-electron chi connectivity index (χ0n) is 12.9. The van der Waals surface area contributed by atoms with Gasteiger partial charge in [0.1, 0.15) is 0 Å².